The van der Waals surface area contributed by atoms with Crippen molar-refractivity contribution in [2.75, 3.05) is 13.6 Å². The Morgan fingerprint density at radius 3 is 1.81 bits per heavy atom. The van der Waals surface area contributed by atoms with Crippen LogP contribution in [0.1, 0.15) is 22.3 Å². The number of rotatable bonds is 4. The molecule has 0 bridgehead atoms. The first-order valence-electron chi connectivity index (χ1n) is 9.69. The van der Waals surface area contributed by atoms with E-state index in [2.05, 4.69) is 6.07 Å². The molecule has 3 aromatic rings. The van der Waals surface area contributed by atoms with Crippen LogP contribution in [-0.2, 0) is 0 Å². The third-order valence-corrected chi connectivity index (χ3v) is 5.08. The van der Waals surface area contributed by atoms with E-state index in [0.717, 1.165) is 28.0 Å². The molecule has 0 radical (unpaired) electrons. The summed E-state index contributed by atoms with van der Waals surface area (Å²) in [6.07, 6.45) is 3.70. The van der Waals surface area contributed by atoms with E-state index in [0.29, 0.717) is 28.5 Å². The van der Waals surface area contributed by atoms with Gasteiger partial charge in [0.25, 0.3) is 0 Å². The minimum absolute atomic E-state index is 0.219. The molecule has 152 valence electrons. The third kappa shape index (κ3) is 3.77. The van der Waals surface area contributed by atoms with Crippen LogP contribution in [0.2, 0.25) is 0 Å². The molecule has 0 saturated heterocycles. The highest BCUT2D eigenvalue weighted by atomic mass is 16.7. The first-order valence-corrected chi connectivity index (χ1v) is 9.69. The van der Waals surface area contributed by atoms with Crippen LogP contribution in [0.3, 0.4) is 0 Å². The smallest absolute Gasteiger partial charge is 0.231 e. The van der Waals surface area contributed by atoms with E-state index in [1.54, 1.807) is 0 Å². The molecule has 5 rings (SSSR count). The van der Waals surface area contributed by atoms with E-state index in [1.807, 2.05) is 72.8 Å². The Labute approximate surface area is 179 Å². The normalized spacial score (nSPS) is 14.4. The van der Waals surface area contributed by atoms with Crippen molar-refractivity contribution in [2.24, 2.45) is 5.73 Å². The van der Waals surface area contributed by atoms with Crippen molar-refractivity contribution in [1.29, 1.82) is 5.26 Å². The zero-order valence-corrected chi connectivity index (χ0v) is 16.5. The van der Waals surface area contributed by atoms with Crippen LogP contribution in [0.25, 0.3) is 23.4 Å². The van der Waals surface area contributed by atoms with Crippen molar-refractivity contribution in [3.05, 3.63) is 82.9 Å². The number of ether oxygens (including phenoxy) is 4. The third-order valence-electron chi connectivity index (χ3n) is 5.08. The summed E-state index contributed by atoms with van der Waals surface area (Å²) >= 11 is 0. The fourth-order valence-corrected chi connectivity index (χ4v) is 3.46. The van der Waals surface area contributed by atoms with Crippen molar-refractivity contribution in [1.82, 2.24) is 0 Å². The van der Waals surface area contributed by atoms with Gasteiger partial charge in [0, 0.05) is 5.70 Å². The first-order chi connectivity index (χ1) is 15.2. The van der Waals surface area contributed by atoms with Crippen LogP contribution in [0.5, 0.6) is 23.0 Å². The molecule has 0 aliphatic carbocycles. The second kappa shape index (κ2) is 7.81. The lowest BCUT2D eigenvalue weighted by Crippen LogP contribution is -1.96. The zero-order valence-electron chi connectivity index (χ0n) is 16.5. The van der Waals surface area contributed by atoms with E-state index in [4.69, 9.17) is 24.7 Å². The van der Waals surface area contributed by atoms with Crippen LogP contribution < -0.4 is 24.7 Å². The summed E-state index contributed by atoms with van der Waals surface area (Å²) < 4.78 is 21.5. The second-order valence-electron chi connectivity index (χ2n) is 7.07. The number of fused-ring (bicyclic) bond motifs is 2. The molecule has 6 nitrogen and oxygen atoms in total. The predicted octanol–water partition coefficient (Wildman–Crippen LogP) is 4.66. The van der Waals surface area contributed by atoms with E-state index in [1.165, 1.54) is 0 Å². The molecule has 0 unspecified atom stereocenters. The fourth-order valence-electron chi connectivity index (χ4n) is 3.46. The van der Waals surface area contributed by atoms with Gasteiger partial charge in [0.1, 0.15) is 0 Å². The molecular formula is C25H18N2O4. The molecular weight excluding hydrogens is 392 g/mol. The molecule has 2 N–H and O–H groups in total. The highest BCUT2D eigenvalue weighted by molar-refractivity contribution is 5.90. The molecule has 31 heavy (non-hydrogen) atoms. The topological polar surface area (TPSA) is 86.7 Å². The average molecular weight is 410 g/mol. The Morgan fingerprint density at radius 2 is 1.23 bits per heavy atom. The van der Waals surface area contributed by atoms with Crippen molar-refractivity contribution in [3.63, 3.8) is 0 Å². The summed E-state index contributed by atoms with van der Waals surface area (Å²) in [5.74, 6) is 2.84. The molecule has 6 heteroatoms. The molecule has 3 aromatic carbocycles. The van der Waals surface area contributed by atoms with E-state index in [-0.39, 0.29) is 13.6 Å². The highest BCUT2D eigenvalue weighted by Crippen LogP contribution is 2.34. The van der Waals surface area contributed by atoms with Gasteiger partial charge in [-0.3, -0.25) is 0 Å². The van der Waals surface area contributed by atoms with Gasteiger partial charge in [-0.2, -0.15) is 5.26 Å². The maximum Gasteiger partial charge on any atom is 0.231 e. The summed E-state index contributed by atoms with van der Waals surface area (Å²) in [5, 5.41) is 9.65. The largest absolute Gasteiger partial charge is 0.454 e. The Morgan fingerprint density at radius 1 is 0.710 bits per heavy atom. The monoisotopic (exact) mass is 410 g/mol. The maximum absolute atomic E-state index is 9.65. The lowest BCUT2D eigenvalue weighted by molar-refractivity contribution is 0.173. The number of allylic oxidation sites excluding steroid dienone is 1. The number of nitriles is 1. The molecule has 0 saturated carbocycles. The lowest BCUT2D eigenvalue weighted by Gasteiger charge is -2.06. The maximum atomic E-state index is 9.65. The van der Waals surface area contributed by atoms with E-state index in [9.17, 15) is 5.26 Å². The second-order valence-corrected chi connectivity index (χ2v) is 7.07. The summed E-state index contributed by atoms with van der Waals surface area (Å²) in [7, 11) is 0. The van der Waals surface area contributed by atoms with Crippen molar-refractivity contribution >= 4 is 23.4 Å². The number of nitrogens with zero attached hydrogens (tertiary/aromatic N) is 1. The van der Waals surface area contributed by atoms with E-state index >= 15 is 0 Å². The van der Waals surface area contributed by atoms with Crippen LogP contribution in [-0.4, -0.2) is 13.6 Å². The Bertz CT molecular complexity index is 1250. The molecule has 0 amide bonds. The Balaban J connectivity index is 1.38. The standard InChI is InChI=1S/C25H18N2O4/c26-13-20(9-16-1-7-22-24(11-16)30-14-28-22)18-3-5-19(6-4-18)21(27)10-17-2-8-23-25(12-17)31-15-29-23/h1-12H,14-15,27H2/b20-9+,21-10-. The fraction of sp³-hybridized carbons (Fsp3) is 0.0800. The Kier molecular flexibility index (Phi) is 4.70. The lowest BCUT2D eigenvalue weighted by atomic mass is 10.0. The van der Waals surface area contributed by atoms with Gasteiger partial charge in [0.2, 0.25) is 13.6 Å². The molecule has 2 aliphatic rings. The Hall–Kier alpha value is -4.37. The quantitative estimate of drug-likeness (QED) is 0.497. The van der Waals surface area contributed by atoms with Gasteiger partial charge in [-0.1, -0.05) is 36.4 Å². The van der Waals surface area contributed by atoms with Crippen LogP contribution in [0.15, 0.2) is 60.7 Å². The van der Waals surface area contributed by atoms with Gasteiger partial charge in [0.05, 0.1) is 11.6 Å². The zero-order chi connectivity index (χ0) is 21.2. The van der Waals surface area contributed by atoms with Gasteiger partial charge < -0.3 is 24.7 Å². The van der Waals surface area contributed by atoms with Crippen LogP contribution in [0, 0.1) is 11.3 Å². The van der Waals surface area contributed by atoms with Crippen LogP contribution in [0.4, 0.5) is 0 Å². The van der Waals surface area contributed by atoms with Gasteiger partial charge in [-0.25, -0.2) is 0 Å². The number of nitrogens with two attached hydrogens (primary N) is 1. The van der Waals surface area contributed by atoms with Gasteiger partial charge in [-0.05, 0) is 58.7 Å². The molecule has 2 aliphatic heterocycles. The van der Waals surface area contributed by atoms with Gasteiger partial charge in [-0.15, -0.1) is 0 Å². The van der Waals surface area contributed by atoms with E-state index < -0.39 is 0 Å². The summed E-state index contributed by atoms with van der Waals surface area (Å²) in [6.45, 7) is 0.455. The van der Waals surface area contributed by atoms with Gasteiger partial charge in [0.15, 0.2) is 23.0 Å². The summed E-state index contributed by atoms with van der Waals surface area (Å²) in [5.41, 5.74) is 10.9. The minimum atomic E-state index is 0.219. The number of hydrogen-bond donors (Lipinski definition) is 1. The summed E-state index contributed by atoms with van der Waals surface area (Å²) in [6, 6.07) is 21.1. The minimum Gasteiger partial charge on any atom is -0.454 e. The number of benzene rings is 3. The summed E-state index contributed by atoms with van der Waals surface area (Å²) in [4.78, 5) is 0. The number of hydrogen-bond acceptors (Lipinski definition) is 6. The molecule has 0 atom stereocenters. The van der Waals surface area contributed by atoms with Crippen molar-refractivity contribution < 1.29 is 18.9 Å². The first kappa shape index (κ1) is 18.6. The van der Waals surface area contributed by atoms with Crippen molar-refractivity contribution in [3.8, 4) is 29.1 Å². The SMILES string of the molecule is N#C/C(=C\c1ccc2c(c1)OCO2)c1ccc(/C(N)=C/c2ccc3c(c2)OCO3)cc1. The average Bonchev–Trinajstić information content (AvgIpc) is 3.46. The molecule has 2 heterocycles. The molecule has 0 aromatic heterocycles. The highest BCUT2D eigenvalue weighted by Gasteiger charge is 2.14. The molecule has 0 spiro atoms. The van der Waals surface area contributed by atoms with Gasteiger partial charge >= 0.3 is 0 Å². The molecule has 0 fully saturated rings. The van der Waals surface area contributed by atoms with Crippen molar-refractivity contribution in [2.45, 2.75) is 0 Å². The van der Waals surface area contributed by atoms with Crippen LogP contribution >= 0.6 is 0 Å². The predicted molar refractivity (Wildman–Crippen MR) is 117 cm³/mol.